The summed E-state index contributed by atoms with van der Waals surface area (Å²) < 4.78 is 12.9. The molecule has 4 rings (SSSR count). The van der Waals surface area contributed by atoms with E-state index in [1.54, 1.807) is 54.6 Å². The minimum absolute atomic E-state index is 0.00249. The van der Waals surface area contributed by atoms with Gasteiger partial charge in [-0.1, -0.05) is 32.1 Å². The van der Waals surface area contributed by atoms with E-state index >= 15 is 0 Å². The molecule has 1 aromatic carbocycles. The zero-order chi connectivity index (χ0) is 31.7. The van der Waals surface area contributed by atoms with Gasteiger partial charge in [0.15, 0.2) is 5.65 Å². The lowest BCUT2D eigenvalue weighted by Gasteiger charge is -2.30. The first-order valence-corrected chi connectivity index (χ1v) is 14.3. The topological polar surface area (TPSA) is 132 Å². The highest BCUT2D eigenvalue weighted by molar-refractivity contribution is 5.88. The number of amides is 2. The van der Waals surface area contributed by atoms with Crippen LogP contribution in [-0.2, 0) is 16.0 Å². The summed E-state index contributed by atoms with van der Waals surface area (Å²) in [5.41, 5.74) is 2.12. The molecule has 3 aromatic rings. The highest BCUT2D eigenvalue weighted by Crippen LogP contribution is 2.31. The maximum atomic E-state index is 13.7. The smallest absolute Gasteiger partial charge is 0.416 e. The van der Waals surface area contributed by atoms with E-state index in [1.807, 2.05) is 40.7 Å². The van der Waals surface area contributed by atoms with E-state index in [0.29, 0.717) is 42.2 Å². The van der Waals surface area contributed by atoms with Crippen molar-refractivity contribution in [3.05, 3.63) is 69.5 Å². The monoisotopic (exact) mass is 592 g/mol. The first-order valence-electron chi connectivity index (χ1n) is 14.3. The van der Waals surface area contributed by atoms with Crippen molar-refractivity contribution >= 4 is 34.9 Å². The van der Waals surface area contributed by atoms with E-state index in [-0.39, 0.29) is 24.2 Å². The number of hydrogen-bond acceptors (Lipinski definition) is 8. The average molecular weight is 593 g/mol. The van der Waals surface area contributed by atoms with E-state index in [4.69, 9.17) is 14.5 Å². The third-order valence-electron chi connectivity index (χ3n) is 6.64. The number of hydrogen-bond donors (Lipinski definition) is 0. The van der Waals surface area contributed by atoms with E-state index in [2.05, 4.69) is 5.10 Å². The number of carbonyl (C=O) groups excluding carboxylic acids is 2. The molecule has 12 heteroatoms. The number of aromatic nitrogens is 3. The Morgan fingerprint density at radius 2 is 1.79 bits per heavy atom. The van der Waals surface area contributed by atoms with Crippen LogP contribution in [0.2, 0.25) is 0 Å². The van der Waals surface area contributed by atoms with Gasteiger partial charge < -0.3 is 14.4 Å². The molecule has 0 spiro atoms. The Bertz CT molecular complexity index is 1560. The number of benzene rings is 1. The molecule has 0 radical (unpaired) electrons. The molecule has 0 unspecified atom stereocenters. The van der Waals surface area contributed by atoms with Crippen molar-refractivity contribution in [2.45, 2.75) is 85.5 Å². The summed E-state index contributed by atoms with van der Waals surface area (Å²) in [7, 11) is 0. The van der Waals surface area contributed by atoms with Crippen LogP contribution in [0, 0.1) is 10.1 Å². The Morgan fingerprint density at radius 1 is 1.09 bits per heavy atom. The molecule has 0 aliphatic carbocycles. The predicted molar refractivity (Wildman–Crippen MR) is 163 cm³/mol. The molecule has 0 fully saturated rings. The van der Waals surface area contributed by atoms with Gasteiger partial charge in [-0.15, -0.1) is 0 Å². The van der Waals surface area contributed by atoms with Crippen molar-refractivity contribution in [3.8, 4) is 0 Å². The number of ether oxygens (including phenoxy) is 2. The summed E-state index contributed by atoms with van der Waals surface area (Å²) >= 11 is 0. The molecule has 12 nitrogen and oxygen atoms in total. The van der Waals surface area contributed by atoms with Crippen LogP contribution in [0.4, 0.5) is 21.1 Å². The van der Waals surface area contributed by atoms with Crippen LogP contribution in [0.1, 0.15) is 84.5 Å². The molecule has 2 aromatic heterocycles. The van der Waals surface area contributed by atoms with E-state index < -0.39 is 22.2 Å². The van der Waals surface area contributed by atoms with Crippen molar-refractivity contribution in [2.24, 2.45) is 0 Å². The number of anilines is 1. The van der Waals surface area contributed by atoms with Crippen LogP contribution in [-0.4, -0.2) is 60.9 Å². The first-order chi connectivity index (χ1) is 20.0. The fourth-order valence-electron chi connectivity index (χ4n) is 4.63. The predicted octanol–water partition coefficient (Wildman–Crippen LogP) is 6.73. The van der Waals surface area contributed by atoms with E-state index in [0.717, 1.165) is 11.1 Å². The molecule has 0 saturated carbocycles. The van der Waals surface area contributed by atoms with Gasteiger partial charge in [0, 0.05) is 36.9 Å². The highest BCUT2D eigenvalue weighted by atomic mass is 16.6. The van der Waals surface area contributed by atoms with Gasteiger partial charge in [0.25, 0.3) is 5.69 Å². The summed E-state index contributed by atoms with van der Waals surface area (Å²) in [4.78, 5) is 45.4. The normalized spacial score (nSPS) is 14.1. The van der Waals surface area contributed by atoms with Crippen molar-refractivity contribution in [2.75, 3.05) is 18.0 Å². The second-order valence-corrected chi connectivity index (χ2v) is 12.9. The third kappa shape index (κ3) is 7.68. The van der Waals surface area contributed by atoms with Crippen LogP contribution in [0.25, 0.3) is 11.2 Å². The third-order valence-corrected chi connectivity index (χ3v) is 6.64. The van der Waals surface area contributed by atoms with Crippen LogP contribution in [0.5, 0.6) is 0 Å². The van der Waals surface area contributed by atoms with Crippen LogP contribution in [0.15, 0.2) is 42.6 Å². The SMILES string of the molecule is CC(C)c1cnn2c(N(Cc3cccc([N+](=O)[O-])c3)C(=O)OC(C)(C)C)cc(C3=CCN(C(=O)OC(C)(C)C)CC3)nc12. The quantitative estimate of drug-likeness (QED) is 0.227. The Balaban J connectivity index is 1.81. The molecule has 0 N–H and O–H groups in total. The van der Waals surface area contributed by atoms with Gasteiger partial charge in [-0.25, -0.2) is 14.6 Å². The summed E-state index contributed by atoms with van der Waals surface area (Å²) in [6.45, 7) is 15.7. The number of fused-ring (bicyclic) bond motifs is 1. The zero-order valence-electron chi connectivity index (χ0n) is 26.1. The molecule has 1 aliphatic heterocycles. The minimum atomic E-state index is -0.794. The average Bonchev–Trinajstić information content (AvgIpc) is 3.34. The fraction of sp³-hybridized carbons (Fsp3) is 0.484. The second kappa shape index (κ2) is 12.0. The van der Waals surface area contributed by atoms with Crippen molar-refractivity contribution < 1.29 is 24.0 Å². The number of nitro benzene ring substituents is 1. The summed E-state index contributed by atoms with van der Waals surface area (Å²) in [5.74, 6) is 0.506. The van der Waals surface area contributed by atoms with Crippen molar-refractivity contribution in [1.82, 2.24) is 19.5 Å². The van der Waals surface area contributed by atoms with E-state index in [9.17, 15) is 19.7 Å². The lowest BCUT2D eigenvalue weighted by molar-refractivity contribution is -0.384. The Morgan fingerprint density at radius 3 is 2.37 bits per heavy atom. The largest absolute Gasteiger partial charge is 0.444 e. The summed E-state index contributed by atoms with van der Waals surface area (Å²) in [5, 5.41) is 16.1. The van der Waals surface area contributed by atoms with Gasteiger partial charge in [0.05, 0.1) is 23.4 Å². The Labute approximate surface area is 251 Å². The number of rotatable bonds is 6. The zero-order valence-corrected chi connectivity index (χ0v) is 26.1. The molecule has 3 heterocycles. The van der Waals surface area contributed by atoms with Gasteiger partial charge in [-0.2, -0.15) is 9.61 Å². The van der Waals surface area contributed by atoms with Crippen molar-refractivity contribution in [1.29, 1.82) is 0 Å². The highest BCUT2D eigenvalue weighted by Gasteiger charge is 2.29. The van der Waals surface area contributed by atoms with Gasteiger partial charge in [-0.05, 0) is 65.0 Å². The van der Waals surface area contributed by atoms with Gasteiger partial charge in [-0.3, -0.25) is 15.0 Å². The van der Waals surface area contributed by atoms with Gasteiger partial charge >= 0.3 is 12.2 Å². The maximum Gasteiger partial charge on any atom is 0.416 e. The standard InChI is InChI=1S/C31H40N6O6/c1-20(2)24-18-32-36-26(35(29(39)43-31(6,7)8)19-21-10-9-11-23(16-21)37(40)41)17-25(33-27(24)36)22-12-14-34(15-13-22)28(38)42-30(3,4)5/h9-12,16-18,20H,13-15,19H2,1-8H3. The molecule has 230 valence electrons. The van der Waals surface area contributed by atoms with Crippen LogP contribution >= 0.6 is 0 Å². The second-order valence-electron chi connectivity index (χ2n) is 12.9. The van der Waals surface area contributed by atoms with E-state index in [1.165, 1.54) is 17.0 Å². The van der Waals surface area contributed by atoms with Crippen LogP contribution < -0.4 is 4.90 Å². The number of nitrogens with zero attached hydrogens (tertiary/aromatic N) is 6. The lowest BCUT2D eigenvalue weighted by atomic mass is 10.0. The maximum absolute atomic E-state index is 13.7. The molecular formula is C31H40N6O6. The fourth-order valence-corrected chi connectivity index (χ4v) is 4.63. The number of nitro groups is 1. The summed E-state index contributed by atoms with van der Waals surface area (Å²) in [6, 6.07) is 7.93. The summed E-state index contributed by atoms with van der Waals surface area (Å²) in [6.07, 6.45) is 3.20. The lowest BCUT2D eigenvalue weighted by Crippen LogP contribution is -2.39. The molecule has 2 amide bonds. The molecule has 1 aliphatic rings. The Kier molecular flexibility index (Phi) is 8.79. The molecule has 43 heavy (non-hydrogen) atoms. The van der Waals surface area contributed by atoms with Gasteiger partial charge in [0.2, 0.25) is 0 Å². The van der Waals surface area contributed by atoms with Crippen LogP contribution in [0.3, 0.4) is 0 Å². The van der Waals surface area contributed by atoms with Crippen molar-refractivity contribution in [3.63, 3.8) is 0 Å². The molecule has 0 atom stereocenters. The number of non-ortho nitro benzene ring substituents is 1. The minimum Gasteiger partial charge on any atom is -0.444 e. The first kappa shape index (κ1) is 31.5. The number of carbonyl (C=O) groups is 2. The molecular weight excluding hydrogens is 552 g/mol. The molecule has 0 bridgehead atoms. The Hall–Kier alpha value is -4.48. The molecule has 0 saturated heterocycles. The van der Waals surface area contributed by atoms with Gasteiger partial charge in [0.1, 0.15) is 17.0 Å².